The van der Waals surface area contributed by atoms with Gasteiger partial charge in [0.05, 0.1) is 6.04 Å². The number of fused-ring (bicyclic) bond motifs is 7. The molecule has 4 aliphatic rings. The van der Waals surface area contributed by atoms with Crippen molar-refractivity contribution in [1.82, 2.24) is 14.8 Å². The molecule has 1 N–H and O–H groups in total. The van der Waals surface area contributed by atoms with Crippen LogP contribution in [0.2, 0.25) is 0 Å². The molecule has 1 amide bonds. The Kier molecular flexibility index (Phi) is 3.90. The molecule has 0 saturated carbocycles. The van der Waals surface area contributed by atoms with E-state index >= 15 is 0 Å². The van der Waals surface area contributed by atoms with Gasteiger partial charge < -0.3 is 9.88 Å². The van der Waals surface area contributed by atoms with Crippen molar-refractivity contribution in [2.24, 2.45) is 11.8 Å². The maximum atomic E-state index is 13.5. The summed E-state index contributed by atoms with van der Waals surface area (Å²) >= 11 is 0. The molecule has 2 bridgehead atoms. The highest BCUT2D eigenvalue weighted by Crippen LogP contribution is 2.45. The molecule has 2 aromatic rings. The Labute approximate surface area is 166 Å². The first-order chi connectivity index (χ1) is 13.8. The molecule has 0 unspecified atom stereocenters. The summed E-state index contributed by atoms with van der Waals surface area (Å²) < 4.78 is 0. The monoisotopic (exact) mass is 375 g/mol. The Morgan fingerprint density at radius 2 is 2.04 bits per heavy atom. The third-order valence-corrected chi connectivity index (χ3v) is 7.68. The van der Waals surface area contributed by atoms with Gasteiger partial charge in [-0.1, -0.05) is 36.3 Å². The second kappa shape index (κ2) is 6.48. The van der Waals surface area contributed by atoms with Crippen molar-refractivity contribution in [2.75, 3.05) is 19.6 Å². The van der Waals surface area contributed by atoms with E-state index in [9.17, 15) is 4.79 Å². The van der Waals surface area contributed by atoms with E-state index in [1.165, 1.54) is 45.2 Å². The number of piperidine rings is 3. The number of nitrogens with zero attached hydrogens (tertiary/aromatic N) is 2. The molecule has 28 heavy (non-hydrogen) atoms. The van der Waals surface area contributed by atoms with Crippen molar-refractivity contribution in [3.63, 3.8) is 0 Å². The first kappa shape index (κ1) is 16.8. The zero-order valence-corrected chi connectivity index (χ0v) is 16.4. The second-order valence-electron chi connectivity index (χ2n) is 9.28. The number of aromatic nitrogens is 1. The van der Waals surface area contributed by atoms with Gasteiger partial charge >= 0.3 is 0 Å². The molecule has 146 valence electrons. The van der Waals surface area contributed by atoms with Crippen LogP contribution in [0, 0.1) is 11.8 Å². The van der Waals surface area contributed by atoms with Gasteiger partial charge in [-0.15, -0.1) is 0 Å². The van der Waals surface area contributed by atoms with Crippen LogP contribution in [0.3, 0.4) is 0 Å². The van der Waals surface area contributed by atoms with Crippen LogP contribution in [0.4, 0.5) is 0 Å². The molecular formula is C24H29N3O. The van der Waals surface area contributed by atoms with Gasteiger partial charge in [0, 0.05) is 30.0 Å². The zero-order chi connectivity index (χ0) is 18.7. The fourth-order valence-electron chi connectivity index (χ4n) is 6.54. The van der Waals surface area contributed by atoms with Crippen LogP contribution < -0.4 is 0 Å². The molecule has 3 aliphatic heterocycles. The fraction of sp³-hybridized carbons (Fsp3) is 0.542. The van der Waals surface area contributed by atoms with Crippen LogP contribution in [-0.2, 0) is 0 Å². The minimum absolute atomic E-state index is 0.186. The van der Waals surface area contributed by atoms with Crippen LogP contribution in [0.25, 0.3) is 10.9 Å². The van der Waals surface area contributed by atoms with Crippen molar-refractivity contribution >= 4 is 16.8 Å². The summed E-state index contributed by atoms with van der Waals surface area (Å²) in [7, 11) is 0. The van der Waals surface area contributed by atoms with Crippen molar-refractivity contribution in [3.05, 3.63) is 47.7 Å². The average Bonchev–Trinajstić information content (AvgIpc) is 3.17. The summed E-state index contributed by atoms with van der Waals surface area (Å²) in [4.78, 5) is 21.8. The maximum absolute atomic E-state index is 13.5. The van der Waals surface area contributed by atoms with Crippen LogP contribution >= 0.6 is 0 Å². The van der Waals surface area contributed by atoms with E-state index in [1.54, 1.807) is 5.57 Å². The van der Waals surface area contributed by atoms with Crippen molar-refractivity contribution in [3.8, 4) is 0 Å². The maximum Gasteiger partial charge on any atom is 0.270 e. The predicted molar refractivity (Wildman–Crippen MR) is 111 cm³/mol. The number of likely N-dealkylation sites (tertiary alicyclic amines) is 1. The van der Waals surface area contributed by atoms with Crippen molar-refractivity contribution in [2.45, 2.75) is 50.6 Å². The standard InChI is InChI=1S/C24H29N3O/c28-24(21-14-16-6-1-2-8-20(16)25-21)27-11-5-7-17-12-18-13-19(23(17)27)15-26-10-4-3-9-22(18)26/h1-2,6,8,12,14,18-19,22-23,25H,3-5,7,9-11,13,15H2/t18-,19+,22-,23-/m1/s1. The number of amides is 1. The number of carbonyl (C=O) groups excluding carboxylic acids is 1. The van der Waals surface area contributed by atoms with Crippen LogP contribution in [0.5, 0.6) is 0 Å². The molecule has 3 saturated heterocycles. The van der Waals surface area contributed by atoms with Gasteiger partial charge in [-0.3, -0.25) is 9.69 Å². The summed E-state index contributed by atoms with van der Waals surface area (Å²) in [5, 5.41) is 1.12. The van der Waals surface area contributed by atoms with Crippen molar-refractivity contribution < 1.29 is 4.79 Å². The Balaban J connectivity index is 1.34. The molecule has 4 atom stereocenters. The zero-order valence-electron chi connectivity index (χ0n) is 16.4. The van der Waals surface area contributed by atoms with Gasteiger partial charge in [-0.2, -0.15) is 0 Å². The third kappa shape index (κ3) is 2.57. The lowest BCUT2D eigenvalue weighted by atomic mass is 9.68. The number of hydrogen-bond acceptors (Lipinski definition) is 2. The van der Waals surface area contributed by atoms with Crippen molar-refractivity contribution in [1.29, 1.82) is 0 Å². The number of para-hydroxylation sites is 1. The van der Waals surface area contributed by atoms with E-state index in [-0.39, 0.29) is 5.91 Å². The van der Waals surface area contributed by atoms with Gasteiger partial charge in [-0.25, -0.2) is 0 Å². The molecule has 4 nitrogen and oxygen atoms in total. The molecule has 4 heterocycles. The largest absolute Gasteiger partial charge is 0.351 e. The lowest BCUT2D eigenvalue weighted by Gasteiger charge is -2.54. The van der Waals surface area contributed by atoms with Gasteiger partial charge in [0.15, 0.2) is 0 Å². The number of hydrogen-bond donors (Lipinski definition) is 1. The van der Waals surface area contributed by atoms with E-state index < -0.39 is 0 Å². The smallest absolute Gasteiger partial charge is 0.270 e. The molecule has 4 heteroatoms. The van der Waals surface area contributed by atoms with Crippen LogP contribution in [0.15, 0.2) is 42.0 Å². The average molecular weight is 376 g/mol. The topological polar surface area (TPSA) is 39.3 Å². The Hall–Kier alpha value is -2.07. The minimum atomic E-state index is 0.186. The van der Waals surface area contributed by atoms with E-state index in [0.717, 1.165) is 35.6 Å². The van der Waals surface area contributed by atoms with Gasteiger partial charge in [0.1, 0.15) is 5.69 Å². The van der Waals surface area contributed by atoms with E-state index in [1.807, 2.05) is 18.2 Å². The van der Waals surface area contributed by atoms with E-state index in [2.05, 4.69) is 33.0 Å². The summed E-state index contributed by atoms with van der Waals surface area (Å²) in [6.07, 6.45) is 10.2. The number of aromatic amines is 1. The first-order valence-electron chi connectivity index (χ1n) is 11.1. The molecule has 0 spiro atoms. The Morgan fingerprint density at radius 3 is 2.96 bits per heavy atom. The third-order valence-electron chi connectivity index (χ3n) is 7.68. The molecular weight excluding hydrogens is 346 g/mol. The quantitative estimate of drug-likeness (QED) is 0.759. The molecule has 6 rings (SSSR count). The van der Waals surface area contributed by atoms with E-state index in [0.29, 0.717) is 17.9 Å². The minimum Gasteiger partial charge on any atom is -0.351 e. The first-order valence-corrected chi connectivity index (χ1v) is 11.1. The van der Waals surface area contributed by atoms with Gasteiger partial charge in [0.25, 0.3) is 5.91 Å². The van der Waals surface area contributed by atoms with Crippen LogP contribution in [0.1, 0.15) is 49.0 Å². The lowest BCUT2D eigenvalue weighted by Crippen LogP contribution is -2.60. The number of benzene rings is 1. The van der Waals surface area contributed by atoms with Gasteiger partial charge in [0.2, 0.25) is 0 Å². The molecule has 1 aliphatic carbocycles. The highest BCUT2D eigenvalue weighted by Gasteiger charge is 2.47. The van der Waals surface area contributed by atoms with Crippen LogP contribution in [-0.4, -0.2) is 52.4 Å². The number of rotatable bonds is 1. The Bertz CT molecular complexity index is 911. The predicted octanol–water partition coefficient (Wildman–Crippen LogP) is 4.20. The summed E-state index contributed by atoms with van der Waals surface area (Å²) in [6, 6.07) is 11.3. The second-order valence-corrected chi connectivity index (χ2v) is 9.28. The number of H-pyrrole nitrogens is 1. The molecule has 0 radical (unpaired) electrons. The lowest BCUT2D eigenvalue weighted by molar-refractivity contribution is 0.00134. The normalized spacial score (nSPS) is 32.6. The highest BCUT2D eigenvalue weighted by atomic mass is 16.2. The number of carbonyl (C=O) groups is 1. The van der Waals surface area contributed by atoms with E-state index in [4.69, 9.17) is 0 Å². The van der Waals surface area contributed by atoms with Gasteiger partial charge in [-0.05, 0) is 62.6 Å². The fourth-order valence-corrected chi connectivity index (χ4v) is 6.54. The summed E-state index contributed by atoms with van der Waals surface area (Å²) in [5.41, 5.74) is 3.36. The number of nitrogens with one attached hydrogen (secondary N) is 1. The SMILES string of the molecule is O=C(c1cc2ccccc2[nH]1)N1CCCC2=C[C@@H]3C[C@@H](CN4CCCC[C@H]34)[C@@H]21. The Morgan fingerprint density at radius 1 is 1.11 bits per heavy atom. The summed E-state index contributed by atoms with van der Waals surface area (Å²) in [6.45, 7) is 3.32. The summed E-state index contributed by atoms with van der Waals surface area (Å²) in [5.74, 6) is 1.51. The molecule has 1 aromatic carbocycles. The molecule has 1 aromatic heterocycles. The highest BCUT2D eigenvalue weighted by molar-refractivity contribution is 5.98. The molecule has 3 fully saturated rings.